The van der Waals surface area contributed by atoms with Crippen LogP contribution in [0.2, 0.25) is 0 Å². The highest BCUT2D eigenvalue weighted by molar-refractivity contribution is 5.71. The Morgan fingerprint density at radius 1 is 0.276 bits per heavy atom. The fourth-order valence-electron chi connectivity index (χ4n) is 8.04. The van der Waals surface area contributed by atoms with Crippen LogP contribution in [0.3, 0.4) is 0 Å². The molecule has 76 heavy (non-hydrogen) atoms. The maximum absolute atomic E-state index is 12.8. The molecule has 0 aliphatic carbocycles. The van der Waals surface area contributed by atoms with E-state index in [0.717, 1.165) is 128 Å². The summed E-state index contributed by atoms with van der Waals surface area (Å²) in [7, 11) is 0. The largest absolute Gasteiger partial charge is 0.462 e. The number of rotatable bonds is 54. The van der Waals surface area contributed by atoms with Crippen molar-refractivity contribution < 1.29 is 28.6 Å². The predicted octanol–water partition coefficient (Wildman–Crippen LogP) is 21.2. The summed E-state index contributed by atoms with van der Waals surface area (Å²) in [6, 6.07) is 0. The van der Waals surface area contributed by atoms with Gasteiger partial charge in [0, 0.05) is 19.3 Å². The molecule has 6 nitrogen and oxygen atoms in total. The third-order valence-corrected chi connectivity index (χ3v) is 12.6. The highest BCUT2D eigenvalue weighted by atomic mass is 16.6. The molecular formula is C70H112O6. The molecule has 0 rings (SSSR count). The molecular weight excluding hydrogens is 937 g/mol. The van der Waals surface area contributed by atoms with Gasteiger partial charge in [0.15, 0.2) is 6.10 Å². The van der Waals surface area contributed by atoms with Crippen molar-refractivity contribution in [2.24, 2.45) is 0 Å². The van der Waals surface area contributed by atoms with Gasteiger partial charge in [-0.3, -0.25) is 14.4 Å². The minimum atomic E-state index is -0.806. The Hall–Kier alpha value is -4.71. The molecule has 0 aromatic rings. The zero-order valence-electron chi connectivity index (χ0n) is 49.0. The summed E-state index contributed by atoms with van der Waals surface area (Å²) in [5, 5.41) is 0. The van der Waals surface area contributed by atoms with Gasteiger partial charge in [-0.1, -0.05) is 263 Å². The molecule has 6 heteroatoms. The molecule has 0 spiro atoms. The summed E-state index contributed by atoms with van der Waals surface area (Å²) in [6.07, 6.45) is 90.1. The van der Waals surface area contributed by atoms with Crippen molar-refractivity contribution in [2.75, 3.05) is 13.2 Å². The number of hydrogen-bond acceptors (Lipinski definition) is 6. The lowest BCUT2D eigenvalue weighted by molar-refractivity contribution is -0.167. The topological polar surface area (TPSA) is 78.9 Å². The summed E-state index contributed by atoms with van der Waals surface area (Å²) >= 11 is 0. The van der Waals surface area contributed by atoms with Crippen LogP contribution in [0.15, 0.2) is 146 Å². The van der Waals surface area contributed by atoms with Crippen LogP contribution < -0.4 is 0 Å². The van der Waals surface area contributed by atoms with E-state index in [1.165, 1.54) is 83.5 Å². The standard InChI is InChI=1S/C70H112O6/c1-4-7-10-13-16-19-21-23-25-27-29-31-32-33-34-35-36-37-38-40-41-43-45-47-49-51-54-57-60-63-69(72)75-66-67(65-74-68(71)62-59-56-53-18-15-12-9-6-3)76-70(73)64-61-58-55-52-50-48-46-44-42-39-30-28-26-24-22-20-17-14-11-8-5-2/h7-8,10-11,16-17,19-20,23-26,29-31,33-34,36-37,39,44,46,50,52,67H,4-6,9,12-15,18,21-22,27-28,32,35,38,40-43,45,47-49,51,53-66H2,1-3H3/b10-7-,11-8-,19-16-,20-17-,25-23-,26-24-,31-29-,34-33-,37-36-,39-30-,46-44-,52-50-. The maximum Gasteiger partial charge on any atom is 0.306 e. The molecule has 0 aromatic carbocycles. The first kappa shape index (κ1) is 71.3. The molecule has 1 atom stereocenters. The molecule has 0 radical (unpaired) electrons. The molecule has 428 valence electrons. The van der Waals surface area contributed by atoms with Crippen LogP contribution in [-0.4, -0.2) is 37.2 Å². The monoisotopic (exact) mass is 1050 g/mol. The van der Waals surface area contributed by atoms with Crippen LogP contribution in [0, 0.1) is 0 Å². The van der Waals surface area contributed by atoms with Crippen LogP contribution in [0.5, 0.6) is 0 Å². The molecule has 0 heterocycles. The van der Waals surface area contributed by atoms with E-state index in [-0.39, 0.29) is 37.5 Å². The first-order valence-electron chi connectivity index (χ1n) is 30.8. The third kappa shape index (κ3) is 60.2. The van der Waals surface area contributed by atoms with E-state index >= 15 is 0 Å². The fourth-order valence-corrected chi connectivity index (χ4v) is 8.04. The molecule has 0 aliphatic heterocycles. The Bertz CT molecular complexity index is 1680. The molecule has 0 saturated heterocycles. The first-order chi connectivity index (χ1) is 37.5. The van der Waals surface area contributed by atoms with Crippen LogP contribution in [0.1, 0.15) is 258 Å². The molecule has 0 fully saturated rings. The smallest absolute Gasteiger partial charge is 0.306 e. The van der Waals surface area contributed by atoms with Gasteiger partial charge < -0.3 is 14.2 Å². The summed E-state index contributed by atoms with van der Waals surface area (Å²) in [4.78, 5) is 38.1. The Morgan fingerprint density at radius 3 is 0.829 bits per heavy atom. The molecule has 0 aromatic heterocycles. The second-order valence-electron chi connectivity index (χ2n) is 19.9. The molecule has 1 unspecified atom stereocenters. The first-order valence-corrected chi connectivity index (χ1v) is 30.8. The van der Waals surface area contributed by atoms with Crippen molar-refractivity contribution in [3.8, 4) is 0 Å². The number of hydrogen-bond donors (Lipinski definition) is 0. The molecule has 0 amide bonds. The van der Waals surface area contributed by atoms with Gasteiger partial charge in [-0.25, -0.2) is 0 Å². The molecule has 0 N–H and O–H groups in total. The van der Waals surface area contributed by atoms with Gasteiger partial charge in [0.1, 0.15) is 13.2 Å². The third-order valence-electron chi connectivity index (χ3n) is 12.6. The van der Waals surface area contributed by atoms with Gasteiger partial charge >= 0.3 is 17.9 Å². The van der Waals surface area contributed by atoms with Crippen molar-refractivity contribution in [2.45, 2.75) is 264 Å². The number of carbonyl (C=O) groups excluding carboxylic acids is 3. The fraction of sp³-hybridized carbons (Fsp3) is 0.614. The summed E-state index contributed by atoms with van der Waals surface area (Å²) in [6.45, 7) is 6.34. The maximum atomic E-state index is 12.8. The van der Waals surface area contributed by atoms with E-state index < -0.39 is 6.10 Å². The second-order valence-corrected chi connectivity index (χ2v) is 19.9. The highest BCUT2D eigenvalue weighted by Gasteiger charge is 2.19. The minimum Gasteiger partial charge on any atom is -0.462 e. The number of carbonyl (C=O) groups is 3. The van der Waals surface area contributed by atoms with Gasteiger partial charge in [-0.05, 0) is 122 Å². The Labute approximate surface area is 467 Å². The average Bonchev–Trinajstić information content (AvgIpc) is 3.42. The van der Waals surface area contributed by atoms with Crippen molar-refractivity contribution in [1.29, 1.82) is 0 Å². The number of ether oxygens (including phenoxy) is 3. The number of esters is 3. The second kappa shape index (κ2) is 62.8. The minimum absolute atomic E-state index is 0.100. The lowest BCUT2D eigenvalue weighted by Gasteiger charge is -2.18. The Morgan fingerprint density at radius 2 is 0.513 bits per heavy atom. The van der Waals surface area contributed by atoms with Crippen molar-refractivity contribution in [3.63, 3.8) is 0 Å². The van der Waals surface area contributed by atoms with E-state index in [2.05, 4.69) is 167 Å². The van der Waals surface area contributed by atoms with E-state index in [1.807, 2.05) is 0 Å². The van der Waals surface area contributed by atoms with Crippen LogP contribution in [0.4, 0.5) is 0 Å². The van der Waals surface area contributed by atoms with Gasteiger partial charge in [0.05, 0.1) is 0 Å². The van der Waals surface area contributed by atoms with E-state index in [0.29, 0.717) is 19.3 Å². The molecule has 0 saturated carbocycles. The van der Waals surface area contributed by atoms with E-state index in [4.69, 9.17) is 14.2 Å². The van der Waals surface area contributed by atoms with E-state index in [9.17, 15) is 14.4 Å². The number of unbranched alkanes of at least 4 members (excludes halogenated alkanes) is 19. The SMILES string of the molecule is CC/C=C\C/C=C\C/C=C\C/C=C\C/C=C\C/C=C\CCCCCCCCCCCCC(=O)OCC(COC(=O)CCCCCCCCCC)OC(=O)CCCC/C=C\C/C=C\C/C=C\C/C=C\C/C=C\C/C=C\CC. The van der Waals surface area contributed by atoms with Crippen LogP contribution in [0.25, 0.3) is 0 Å². The summed E-state index contributed by atoms with van der Waals surface area (Å²) in [5.41, 5.74) is 0. The predicted molar refractivity (Wildman–Crippen MR) is 329 cm³/mol. The summed E-state index contributed by atoms with van der Waals surface area (Å²) < 4.78 is 16.8. The van der Waals surface area contributed by atoms with Crippen molar-refractivity contribution in [3.05, 3.63) is 146 Å². The normalized spacial score (nSPS) is 13.1. The highest BCUT2D eigenvalue weighted by Crippen LogP contribution is 2.14. The van der Waals surface area contributed by atoms with Crippen molar-refractivity contribution >= 4 is 17.9 Å². The Balaban J connectivity index is 4.28. The van der Waals surface area contributed by atoms with Crippen molar-refractivity contribution in [1.82, 2.24) is 0 Å². The summed E-state index contributed by atoms with van der Waals surface area (Å²) in [5.74, 6) is -0.956. The van der Waals surface area contributed by atoms with Crippen LogP contribution in [-0.2, 0) is 28.6 Å². The van der Waals surface area contributed by atoms with E-state index in [1.54, 1.807) is 0 Å². The quantitative estimate of drug-likeness (QED) is 0.0261. The lowest BCUT2D eigenvalue weighted by Crippen LogP contribution is -2.30. The Kier molecular flexibility index (Phi) is 58.9. The lowest BCUT2D eigenvalue weighted by atomic mass is 10.1. The van der Waals surface area contributed by atoms with Gasteiger partial charge in [0.2, 0.25) is 0 Å². The van der Waals surface area contributed by atoms with Gasteiger partial charge in [-0.2, -0.15) is 0 Å². The zero-order valence-corrected chi connectivity index (χ0v) is 49.0. The molecule has 0 aliphatic rings. The molecule has 0 bridgehead atoms. The van der Waals surface area contributed by atoms with Gasteiger partial charge in [0.25, 0.3) is 0 Å². The number of allylic oxidation sites excluding steroid dienone is 24. The zero-order chi connectivity index (χ0) is 55.0. The van der Waals surface area contributed by atoms with Crippen LogP contribution >= 0.6 is 0 Å². The average molecular weight is 1050 g/mol. The van der Waals surface area contributed by atoms with Gasteiger partial charge in [-0.15, -0.1) is 0 Å².